The molecule has 2 aromatic rings. The van der Waals surface area contributed by atoms with Gasteiger partial charge in [0.2, 0.25) is 0 Å². The summed E-state index contributed by atoms with van der Waals surface area (Å²) in [5, 5.41) is 4.45. The molecule has 0 unspecified atom stereocenters. The molecule has 0 saturated carbocycles. The quantitative estimate of drug-likeness (QED) is 0.788. The molecule has 2 aromatic heterocycles. The molecule has 1 amide bonds. The van der Waals surface area contributed by atoms with Crippen molar-refractivity contribution in [3.8, 4) is 0 Å². The average molecular weight is 280 g/mol. The number of hydrogen-bond acceptors (Lipinski definition) is 4. The summed E-state index contributed by atoms with van der Waals surface area (Å²) in [6.07, 6.45) is 1.74. The number of nitrogens with zero attached hydrogens (tertiary/aromatic N) is 1. The van der Waals surface area contributed by atoms with E-state index in [9.17, 15) is 9.59 Å². The van der Waals surface area contributed by atoms with E-state index in [0.29, 0.717) is 23.6 Å². The number of thiazole rings is 1. The molecule has 7 heteroatoms. The third kappa shape index (κ3) is 3.05. The van der Waals surface area contributed by atoms with Gasteiger partial charge in [-0.1, -0.05) is 11.3 Å². The Labute approximate surface area is 114 Å². The molecule has 4 N–H and O–H groups in total. The zero-order chi connectivity index (χ0) is 14.0. The molecule has 0 spiro atoms. The van der Waals surface area contributed by atoms with Crippen LogP contribution in [0.15, 0.2) is 22.4 Å². The van der Waals surface area contributed by atoms with Crippen molar-refractivity contribution < 1.29 is 4.79 Å². The standard InChI is InChI=1S/C12H16N4O2S/c1-7(2)16-5-8(13)3-10(16)11(17)14-4-9-6-19-12(18)15-9/h3,5-7H,4,13H2,1-2H3,(H,14,17)(H,15,18). The Kier molecular flexibility index (Phi) is 3.75. The first-order valence-corrected chi connectivity index (χ1v) is 6.77. The third-order valence-corrected chi connectivity index (χ3v) is 3.39. The molecule has 2 rings (SSSR count). The number of amides is 1. The van der Waals surface area contributed by atoms with Gasteiger partial charge in [-0.25, -0.2) is 0 Å². The maximum atomic E-state index is 12.1. The second-order valence-electron chi connectivity index (χ2n) is 4.52. The smallest absolute Gasteiger partial charge is 0.304 e. The van der Waals surface area contributed by atoms with Crippen LogP contribution < -0.4 is 15.9 Å². The van der Waals surface area contributed by atoms with E-state index < -0.39 is 0 Å². The Hall–Kier alpha value is -2.02. The Balaban J connectivity index is 2.09. The van der Waals surface area contributed by atoms with Crippen LogP contribution in [0.4, 0.5) is 5.69 Å². The summed E-state index contributed by atoms with van der Waals surface area (Å²) in [6.45, 7) is 4.25. The molecule has 2 heterocycles. The van der Waals surface area contributed by atoms with E-state index in [0.717, 1.165) is 11.3 Å². The second kappa shape index (κ2) is 5.31. The minimum absolute atomic E-state index is 0.126. The minimum atomic E-state index is -0.211. The largest absolute Gasteiger partial charge is 0.397 e. The van der Waals surface area contributed by atoms with Gasteiger partial charge in [0, 0.05) is 23.3 Å². The lowest BCUT2D eigenvalue weighted by atomic mass is 10.3. The number of nitrogen functional groups attached to an aromatic ring is 1. The summed E-state index contributed by atoms with van der Waals surface area (Å²) in [5.41, 5.74) is 7.49. The fraction of sp³-hybridized carbons (Fsp3) is 0.333. The number of rotatable bonds is 4. The Morgan fingerprint density at radius 3 is 2.89 bits per heavy atom. The Morgan fingerprint density at radius 1 is 1.58 bits per heavy atom. The highest BCUT2D eigenvalue weighted by molar-refractivity contribution is 7.07. The van der Waals surface area contributed by atoms with Crippen LogP contribution in [0.1, 0.15) is 36.1 Å². The number of aromatic amines is 1. The van der Waals surface area contributed by atoms with Gasteiger partial charge >= 0.3 is 4.87 Å². The predicted octanol–water partition coefficient (Wildman–Crippen LogP) is 1.33. The highest BCUT2D eigenvalue weighted by Crippen LogP contribution is 2.16. The summed E-state index contributed by atoms with van der Waals surface area (Å²) >= 11 is 1.08. The number of aromatic nitrogens is 2. The van der Waals surface area contributed by atoms with Gasteiger partial charge in [-0.3, -0.25) is 9.59 Å². The minimum Gasteiger partial charge on any atom is -0.397 e. The van der Waals surface area contributed by atoms with Crippen molar-refractivity contribution in [2.24, 2.45) is 0 Å². The second-order valence-corrected chi connectivity index (χ2v) is 5.36. The molecule has 0 aromatic carbocycles. The van der Waals surface area contributed by atoms with Crippen LogP contribution in [0.5, 0.6) is 0 Å². The number of hydrogen-bond donors (Lipinski definition) is 3. The van der Waals surface area contributed by atoms with Gasteiger partial charge in [-0.05, 0) is 19.9 Å². The molecule has 0 fully saturated rings. The van der Waals surface area contributed by atoms with Crippen molar-refractivity contribution in [3.63, 3.8) is 0 Å². The first kappa shape index (κ1) is 13.4. The van der Waals surface area contributed by atoms with Crippen LogP contribution in [0, 0.1) is 0 Å². The number of carbonyl (C=O) groups excluding carboxylic acids is 1. The zero-order valence-corrected chi connectivity index (χ0v) is 11.6. The monoisotopic (exact) mass is 280 g/mol. The lowest BCUT2D eigenvalue weighted by Gasteiger charge is -2.12. The van der Waals surface area contributed by atoms with Crippen molar-refractivity contribution in [1.29, 1.82) is 0 Å². The van der Waals surface area contributed by atoms with Gasteiger partial charge in [0.05, 0.1) is 12.2 Å². The Morgan fingerprint density at radius 2 is 2.32 bits per heavy atom. The predicted molar refractivity (Wildman–Crippen MR) is 75.3 cm³/mol. The molecular weight excluding hydrogens is 264 g/mol. The van der Waals surface area contributed by atoms with E-state index in [2.05, 4.69) is 10.3 Å². The van der Waals surface area contributed by atoms with Crippen molar-refractivity contribution in [3.05, 3.63) is 38.7 Å². The van der Waals surface area contributed by atoms with E-state index in [1.54, 1.807) is 17.6 Å². The normalized spacial score (nSPS) is 10.9. The van der Waals surface area contributed by atoms with Gasteiger partial charge in [-0.2, -0.15) is 0 Å². The van der Waals surface area contributed by atoms with Crippen LogP contribution in [-0.2, 0) is 6.54 Å². The number of nitrogens with one attached hydrogen (secondary N) is 2. The van der Waals surface area contributed by atoms with E-state index in [-0.39, 0.29) is 16.8 Å². The molecule has 0 atom stereocenters. The molecule has 19 heavy (non-hydrogen) atoms. The fourth-order valence-corrected chi connectivity index (χ4v) is 2.36. The highest BCUT2D eigenvalue weighted by Gasteiger charge is 2.14. The van der Waals surface area contributed by atoms with Crippen LogP contribution in [0.25, 0.3) is 0 Å². The number of anilines is 1. The van der Waals surface area contributed by atoms with E-state index in [1.807, 2.05) is 18.4 Å². The molecule has 0 aliphatic carbocycles. The molecule has 0 aliphatic heterocycles. The summed E-state index contributed by atoms with van der Waals surface area (Å²) in [5.74, 6) is -0.211. The van der Waals surface area contributed by atoms with Crippen molar-refractivity contribution >= 4 is 22.9 Å². The SMILES string of the molecule is CC(C)n1cc(N)cc1C(=O)NCc1csc(=O)[nH]1. The molecule has 6 nitrogen and oxygen atoms in total. The van der Waals surface area contributed by atoms with E-state index in [4.69, 9.17) is 5.73 Å². The van der Waals surface area contributed by atoms with Crippen LogP contribution in [-0.4, -0.2) is 15.5 Å². The van der Waals surface area contributed by atoms with Crippen molar-refractivity contribution in [2.75, 3.05) is 5.73 Å². The Bertz CT molecular complexity index is 638. The van der Waals surface area contributed by atoms with Gasteiger partial charge in [0.1, 0.15) is 5.69 Å². The summed E-state index contributed by atoms with van der Waals surface area (Å²) in [7, 11) is 0. The van der Waals surface area contributed by atoms with E-state index >= 15 is 0 Å². The number of carbonyl (C=O) groups is 1. The van der Waals surface area contributed by atoms with Crippen LogP contribution >= 0.6 is 11.3 Å². The topological polar surface area (TPSA) is 92.9 Å². The van der Waals surface area contributed by atoms with Crippen LogP contribution in [0.3, 0.4) is 0 Å². The first-order chi connectivity index (χ1) is 8.97. The van der Waals surface area contributed by atoms with Crippen molar-refractivity contribution in [2.45, 2.75) is 26.4 Å². The maximum Gasteiger partial charge on any atom is 0.304 e. The molecule has 0 radical (unpaired) electrons. The molecule has 0 saturated heterocycles. The molecule has 0 bridgehead atoms. The van der Waals surface area contributed by atoms with Gasteiger partial charge in [0.25, 0.3) is 5.91 Å². The fourth-order valence-electron chi connectivity index (χ4n) is 1.78. The zero-order valence-electron chi connectivity index (χ0n) is 10.8. The summed E-state index contributed by atoms with van der Waals surface area (Å²) in [4.78, 5) is 25.6. The van der Waals surface area contributed by atoms with Crippen LogP contribution in [0.2, 0.25) is 0 Å². The first-order valence-electron chi connectivity index (χ1n) is 5.89. The molecule has 0 aliphatic rings. The summed E-state index contributed by atoms with van der Waals surface area (Å²) in [6, 6.07) is 1.80. The number of H-pyrrole nitrogens is 1. The van der Waals surface area contributed by atoms with Crippen molar-refractivity contribution in [1.82, 2.24) is 14.9 Å². The van der Waals surface area contributed by atoms with Gasteiger partial charge in [0.15, 0.2) is 0 Å². The van der Waals surface area contributed by atoms with E-state index in [1.165, 1.54) is 0 Å². The lowest BCUT2D eigenvalue weighted by Crippen LogP contribution is -2.26. The van der Waals surface area contributed by atoms with Gasteiger partial charge in [-0.15, -0.1) is 0 Å². The average Bonchev–Trinajstić information content (AvgIpc) is 2.92. The summed E-state index contributed by atoms with van der Waals surface area (Å²) < 4.78 is 1.82. The lowest BCUT2D eigenvalue weighted by molar-refractivity contribution is 0.0939. The third-order valence-electron chi connectivity index (χ3n) is 2.67. The molecular formula is C12H16N4O2S. The highest BCUT2D eigenvalue weighted by atomic mass is 32.1. The number of nitrogens with two attached hydrogens (primary N) is 1. The maximum absolute atomic E-state index is 12.1. The van der Waals surface area contributed by atoms with Gasteiger partial charge < -0.3 is 20.6 Å². The molecule has 102 valence electrons.